The molecule has 0 aliphatic rings. The predicted molar refractivity (Wildman–Crippen MR) is 80.5 cm³/mol. The van der Waals surface area contributed by atoms with Gasteiger partial charge in [0.2, 0.25) is 0 Å². The van der Waals surface area contributed by atoms with Crippen LogP contribution in [0, 0.1) is 5.41 Å². The fourth-order valence-electron chi connectivity index (χ4n) is 1.70. The van der Waals surface area contributed by atoms with Crippen LogP contribution in [-0.4, -0.2) is 11.2 Å². The number of benzene rings is 1. The number of hydrogen-bond acceptors (Lipinski definition) is 7. The smallest absolute Gasteiger partial charge is 0.152 e. The fraction of sp³-hybridized carbons (Fsp3) is 0.0769. The second-order valence-corrected chi connectivity index (χ2v) is 4.24. The van der Waals surface area contributed by atoms with Crippen LogP contribution in [0.5, 0.6) is 5.75 Å². The second kappa shape index (κ2) is 5.35. The van der Waals surface area contributed by atoms with Crippen molar-refractivity contribution in [3.8, 4) is 5.75 Å². The molecule has 0 saturated heterocycles. The Bertz CT molecular complexity index is 656. The monoisotopic (exact) mass is 272 g/mol. The largest absolute Gasteiger partial charge is 0.486 e. The van der Waals surface area contributed by atoms with E-state index < -0.39 is 0 Å². The van der Waals surface area contributed by atoms with Crippen molar-refractivity contribution >= 4 is 29.2 Å². The van der Waals surface area contributed by atoms with E-state index in [0.717, 1.165) is 5.56 Å². The number of pyridine rings is 1. The number of nitrogens with zero attached hydrogens (tertiary/aromatic N) is 1. The molecule has 7 nitrogen and oxygen atoms in total. The summed E-state index contributed by atoms with van der Waals surface area (Å²) in [7, 11) is 0. The van der Waals surface area contributed by atoms with Gasteiger partial charge in [-0.15, -0.1) is 0 Å². The summed E-state index contributed by atoms with van der Waals surface area (Å²) in [5.41, 5.74) is 25.0. The van der Waals surface area contributed by atoms with E-state index >= 15 is 0 Å². The Balaban J connectivity index is 2.17. The summed E-state index contributed by atoms with van der Waals surface area (Å²) in [6, 6.07) is 6.83. The summed E-state index contributed by atoms with van der Waals surface area (Å²) in [6.45, 7) is 0.259. The number of ether oxygens (including phenoxy) is 1. The lowest BCUT2D eigenvalue weighted by Crippen LogP contribution is -2.06. The molecule has 7 heteroatoms. The first-order valence-corrected chi connectivity index (χ1v) is 5.84. The molecule has 0 saturated carbocycles. The SMILES string of the molecule is N=Cc1ccc(COc2cc(N)nc(N)c2N)cc1N. The number of anilines is 4. The highest BCUT2D eigenvalue weighted by atomic mass is 16.5. The number of hydrogen-bond donors (Lipinski definition) is 5. The highest BCUT2D eigenvalue weighted by Crippen LogP contribution is 2.28. The standard InChI is InChI=1S/C13H16N6O/c14-5-8-2-1-7(3-9(8)15)6-20-10-4-11(16)19-13(18)12(10)17/h1-5,14H,6,15,17H2,(H4,16,18,19). The lowest BCUT2D eigenvalue weighted by atomic mass is 10.1. The summed E-state index contributed by atoms with van der Waals surface area (Å²) in [6.07, 6.45) is 1.20. The van der Waals surface area contributed by atoms with Crippen LogP contribution < -0.4 is 27.7 Å². The quantitative estimate of drug-likeness (QED) is 0.413. The van der Waals surface area contributed by atoms with Gasteiger partial charge in [0.1, 0.15) is 23.9 Å². The normalized spacial score (nSPS) is 10.2. The molecule has 1 heterocycles. The Morgan fingerprint density at radius 3 is 2.55 bits per heavy atom. The van der Waals surface area contributed by atoms with Gasteiger partial charge in [0.15, 0.2) is 5.82 Å². The minimum Gasteiger partial charge on any atom is -0.486 e. The highest BCUT2D eigenvalue weighted by Gasteiger charge is 2.08. The summed E-state index contributed by atoms with van der Waals surface area (Å²) in [4.78, 5) is 3.83. The highest BCUT2D eigenvalue weighted by molar-refractivity contribution is 5.84. The second-order valence-electron chi connectivity index (χ2n) is 4.24. The zero-order valence-corrected chi connectivity index (χ0v) is 10.8. The topological polar surface area (TPSA) is 150 Å². The summed E-state index contributed by atoms with van der Waals surface area (Å²) in [5.74, 6) is 0.758. The number of aromatic nitrogens is 1. The lowest BCUT2D eigenvalue weighted by molar-refractivity contribution is 0.308. The molecule has 2 aromatic rings. The minimum atomic E-state index is 0.138. The molecule has 0 unspecified atom stereocenters. The van der Waals surface area contributed by atoms with Crippen molar-refractivity contribution < 1.29 is 4.74 Å². The first kappa shape index (κ1) is 13.5. The molecule has 0 aliphatic heterocycles. The van der Waals surface area contributed by atoms with Gasteiger partial charge in [0, 0.05) is 23.5 Å². The molecule has 2 rings (SSSR count). The van der Waals surface area contributed by atoms with Crippen molar-refractivity contribution in [3.63, 3.8) is 0 Å². The predicted octanol–water partition coefficient (Wildman–Crippen LogP) is 0.987. The van der Waals surface area contributed by atoms with Gasteiger partial charge in [-0.3, -0.25) is 0 Å². The zero-order chi connectivity index (χ0) is 14.7. The van der Waals surface area contributed by atoms with Crippen molar-refractivity contribution in [1.82, 2.24) is 4.98 Å². The maximum Gasteiger partial charge on any atom is 0.152 e. The van der Waals surface area contributed by atoms with Crippen LogP contribution in [0.15, 0.2) is 24.3 Å². The molecule has 1 aromatic carbocycles. The number of nitrogens with one attached hydrogen (secondary N) is 1. The summed E-state index contributed by atoms with van der Waals surface area (Å²) < 4.78 is 5.58. The third kappa shape index (κ3) is 2.72. The van der Waals surface area contributed by atoms with Crippen LogP contribution in [0.1, 0.15) is 11.1 Å². The Morgan fingerprint density at radius 1 is 1.15 bits per heavy atom. The van der Waals surface area contributed by atoms with Gasteiger partial charge in [0.25, 0.3) is 0 Å². The molecule has 0 bridgehead atoms. The van der Waals surface area contributed by atoms with Gasteiger partial charge in [0.05, 0.1) is 0 Å². The fourth-order valence-corrected chi connectivity index (χ4v) is 1.70. The van der Waals surface area contributed by atoms with Crippen molar-refractivity contribution in [3.05, 3.63) is 35.4 Å². The number of rotatable bonds is 4. The van der Waals surface area contributed by atoms with Crippen molar-refractivity contribution in [1.29, 1.82) is 5.41 Å². The molecule has 0 spiro atoms. The van der Waals surface area contributed by atoms with Crippen LogP contribution in [0.25, 0.3) is 0 Å². The van der Waals surface area contributed by atoms with E-state index in [1.54, 1.807) is 12.1 Å². The van der Waals surface area contributed by atoms with Crippen LogP contribution in [0.3, 0.4) is 0 Å². The molecule has 0 radical (unpaired) electrons. The van der Waals surface area contributed by atoms with Crippen LogP contribution in [0.2, 0.25) is 0 Å². The molecular weight excluding hydrogens is 256 g/mol. The third-order valence-corrected chi connectivity index (χ3v) is 2.77. The van der Waals surface area contributed by atoms with E-state index in [0.29, 0.717) is 17.0 Å². The molecule has 104 valence electrons. The van der Waals surface area contributed by atoms with E-state index in [4.69, 9.17) is 33.1 Å². The summed E-state index contributed by atoms with van der Waals surface area (Å²) in [5, 5.41) is 7.18. The average molecular weight is 272 g/mol. The molecule has 0 aliphatic carbocycles. The van der Waals surface area contributed by atoms with Gasteiger partial charge in [-0.2, -0.15) is 0 Å². The third-order valence-electron chi connectivity index (χ3n) is 2.77. The first-order valence-electron chi connectivity index (χ1n) is 5.84. The molecule has 0 fully saturated rings. The maximum absolute atomic E-state index is 7.18. The maximum atomic E-state index is 7.18. The molecule has 20 heavy (non-hydrogen) atoms. The molecule has 0 atom stereocenters. The number of nitrogen functional groups attached to an aromatic ring is 4. The van der Waals surface area contributed by atoms with Crippen LogP contribution in [-0.2, 0) is 6.61 Å². The van der Waals surface area contributed by atoms with E-state index in [-0.39, 0.29) is 23.9 Å². The van der Waals surface area contributed by atoms with E-state index in [1.807, 2.05) is 6.07 Å². The van der Waals surface area contributed by atoms with Gasteiger partial charge in [-0.1, -0.05) is 12.1 Å². The first-order chi connectivity index (χ1) is 9.51. The van der Waals surface area contributed by atoms with Crippen molar-refractivity contribution in [2.75, 3.05) is 22.9 Å². The lowest BCUT2D eigenvalue weighted by Gasteiger charge is -2.11. The van der Waals surface area contributed by atoms with E-state index in [9.17, 15) is 0 Å². The van der Waals surface area contributed by atoms with Crippen LogP contribution in [0.4, 0.5) is 23.0 Å². The van der Waals surface area contributed by atoms with Gasteiger partial charge in [-0.25, -0.2) is 4.98 Å². The minimum absolute atomic E-state index is 0.138. The van der Waals surface area contributed by atoms with E-state index in [2.05, 4.69) is 4.98 Å². The van der Waals surface area contributed by atoms with Crippen LogP contribution >= 0.6 is 0 Å². The Labute approximate surface area is 116 Å². The molecular formula is C13H16N6O. The van der Waals surface area contributed by atoms with Gasteiger partial charge in [-0.05, 0) is 11.6 Å². The summed E-state index contributed by atoms with van der Waals surface area (Å²) >= 11 is 0. The average Bonchev–Trinajstić information content (AvgIpc) is 2.41. The van der Waals surface area contributed by atoms with Crippen molar-refractivity contribution in [2.24, 2.45) is 0 Å². The Morgan fingerprint density at radius 2 is 1.90 bits per heavy atom. The van der Waals surface area contributed by atoms with Gasteiger partial charge < -0.3 is 33.1 Å². The Kier molecular flexibility index (Phi) is 3.60. The zero-order valence-electron chi connectivity index (χ0n) is 10.8. The molecule has 0 amide bonds. The van der Waals surface area contributed by atoms with Gasteiger partial charge >= 0.3 is 0 Å². The Hall–Kier alpha value is -2.96. The van der Waals surface area contributed by atoms with Crippen molar-refractivity contribution in [2.45, 2.75) is 6.61 Å². The molecule has 1 aromatic heterocycles. The van der Waals surface area contributed by atoms with E-state index in [1.165, 1.54) is 12.3 Å². The molecule has 9 N–H and O–H groups in total. The number of nitrogens with two attached hydrogens (primary N) is 4.